The van der Waals surface area contributed by atoms with Gasteiger partial charge in [-0.15, -0.1) is 0 Å². The fourth-order valence-electron chi connectivity index (χ4n) is 2.47. The average molecular weight is 341 g/mol. The Kier molecular flexibility index (Phi) is 17.0. The number of allylic oxidation sites excluding steroid dienone is 2. The van der Waals surface area contributed by atoms with E-state index in [9.17, 15) is 9.59 Å². The maximum Gasteiger partial charge on any atom is 0.305 e. The molecule has 0 unspecified atom stereocenters. The van der Waals surface area contributed by atoms with Gasteiger partial charge in [-0.05, 0) is 52.4 Å². The second-order valence-corrected chi connectivity index (χ2v) is 5.99. The molecule has 0 heterocycles. The molecule has 0 bridgehead atoms. The molecule has 0 saturated carbocycles. The van der Waals surface area contributed by atoms with E-state index in [2.05, 4.69) is 12.2 Å². The topological polar surface area (TPSA) is 52.6 Å². The van der Waals surface area contributed by atoms with Crippen molar-refractivity contribution in [3.63, 3.8) is 0 Å². The Hall–Kier alpha value is -1.32. The fraction of sp³-hybridized carbons (Fsp3) is 0.800. The van der Waals surface area contributed by atoms with Crippen molar-refractivity contribution in [1.29, 1.82) is 0 Å². The first-order chi connectivity index (χ1) is 11.7. The summed E-state index contributed by atoms with van der Waals surface area (Å²) in [5.41, 5.74) is 0. The molecular weight excluding hydrogens is 304 g/mol. The van der Waals surface area contributed by atoms with Crippen molar-refractivity contribution in [3.8, 4) is 0 Å². The molecule has 0 aromatic heterocycles. The van der Waals surface area contributed by atoms with E-state index in [1.165, 1.54) is 25.7 Å². The maximum absolute atomic E-state index is 11.2. The zero-order valence-electron chi connectivity index (χ0n) is 15.7. The predicted octanol–water partition coefficient (Wildman–Crippen LogP) is 5.35. The van der Waals surface area contributed by atoms with Crippen LogP contribution in [-0.4, -0.2) is 25.2 Å². The SMILES string of the molecule is CCOC(=O)CCCC/C=C/CCCCCCCCC(=O)OCC. The molecule has 0 saturated heterocycles. The Morgan fingerprint density at radius 2 is 1.00 bits per heavy atom. The summed E-state index contributed by atoms with van der Waals surface area (Å²) in [7, 11) is 0. The fourth-order valence-corrected chi connectivity index (χ4v) is 2.47. The van der Waals surface area contributed by atoms with Crippen molar-refractivity contribution in [3.05, 3.63) is 12.2 Å². The molecule has 24 heavy (non-hydrogen) atoms. The van der Waals surface area contributed by atoms with Gasteiger partial charge >= 0.3 is 11.9 Å². The van der Waals surface area contributed by atoms with Gasteiger partial charge in [0.1, 0.15) is 0 Å². The van der Waals surface area contributed by atoms with Gasteiger partial charge < -0.3 is 9.47 Å². The monoisotopic (exact) mass is 340 g/mol. The van der Waals surface area contributed by atoms with Crippen LogP contribution in [0.25, 0.3) is 0 Å². The predicted molar refractivity (Wildman–Crippen MR) is 97.8 cm³/mol. The summed E-state index contributed by atoms with van der Waals surface area (Å²) in [6, 6.07) is 0. The number of hydrogen-bond donors (Lipinski definition) is 0. The van der Waals surface area contributed by atoms with Crippen LogP contribution in [0.2, 0.25) is 0 Å². The van der Waals surface area contributed by atoms with Crippen molar-refractivity contribution >= 4 is 11.9 Å². The van der Waals surface area contributed by atoms with E-state index in [-0.39, 0.29) is 11.9 Å². The van der Waals surface area contributed by atoms with Gasteiger partial charge in [0.15, 0.2) is 0 Å². The van der Waals surface area contributed by atoms with Crippen LogP contribution in [0.3, 0.4) is 0 Å². The Morgan fingerprint density at radius 1 is 0.625 bits per heavy atom. The van der Waals surface area contributed by atoms with E-state index in [1.807, 2.05) is 13.8 Å². The Bertz CT molecular complexity index is 337. The van der Waals surface area contributed by atoms with E-state index in [0.29, 0.717) is 26.1 Å². The van der Waals surface area contributed by atoms with Crippen LogP contribution in [0.4, 0.5) is 0 Å². The van der Waals surface area contributed by atoms with Crippen LogP contribution in [0.5, 0.6) is 0 Å². The first-order valence-corrected chi connectivity index (χ1v) is 9.66. The lowest BCUT2D eigenvalue weighted by Gasteiger charge is -2.02. The van der Waals surface area contributed by atoms with Gasteiger partial charge in [0.25, 0.3) is 0 Å². The summed E-state index contributed by atoms with van der Waals surface area (Å²) in [6.45, 7) is 4.64. The van der Waals surface area contributed by atoms with E-state index >= 15 is 0 Å². The molecule has 0 aliphatic carbocycles. The molecule has 140 valence electrons. The zero-order valence-corrected chi connectivity index (χ0v) is 15.7. The highest BCUT2D eigenvalue weighted by Crippen LogP contribution is 2.10. The Balaban J connectivity index is 3.21. The molecule has 4 heteroatoms. The van der Waals surface area contributed by atoms with Crippen LogP contribution in [0, 0.1) is 0 Å². The summed E-state index contributed by atoms with van der Waals surface area (Å²) in [6.07, 6.45) is 16.7. The highest BCUT2D eigenvalue weighted by atomic mass is 16.5. The molecule has 0 atom stereocenters. The lowest BCUT2D eigenvalue weighted by atomic mass is 10.1. The summed E-state index contributed by atoms with van der Waals surface area (Å²) in [4.78, 5) is 22.3. The summed E-state index contributed by atoms with van der Waals surface area (Å²) >= 11 is 0. The van der Waals surface area contributed by atoms with Crippen molar-refractivity contribution in [1.82, 2.24) is 0 Å². The van der Waals surface area contributed by atoms with Gasteiger partial charge in [-0.1, -0.05) is 37.8 Å². The van der Waals surface area contributed by atoms with Crippen LogP contribution in [0.1, 0.15) is 90.9 Å². The number of esters is 2. The Morgan fingerprint density at radius 3 is 1.50 bits per heavy atom. The van der Waals surface area contributed by atoms with E-state index in [1.54, 1.807) is 0 Å². The van der Waals surface area contributed by atoms with Crippen molar-refractivity contribution < 1.29 is 19.1 Å². The number of carbonyl (C=O) groups is 2. The molecule has 0 aromatic carbocycles. The zero-order chi connectivity index (χ0) is 17.9. The second kappa shape index (κ2) is 18.0. The quantitative estimate of drug-likeness (QED) is 0.216. The van der Waals surface area contributed by atoms with Gasteiger partial charge in [0.05, 0.1) is 13.2 Å². The largest absolute Gasteiger partial charge is 0.466 e. The minimum atomic E-state index is -0.0799. The van der Waals surface area contributed by atoms with Gasteiger partial charge in [-0.3, -0.25) is 9.59 Å². The third kappa shape index (κ3) is 17.0. The molecule has 0 N–H and O–H groups in total. The molecule has 0 aliphatic rings. The normalized spacial score (nSPS) is 10.9. The van der Waals surface area contributed by atoms with Gasteiger partial charge in [0.2, 0.25) is 0 Å². The maximum atomic E-state index is 11.2. The van der Waals surface area contributed by atoms with E-state index in [4.69, 9.17) is 9.47 Å². The molecule has 0 radical (unpaired) electrons. The molecule has 4 nitrogen and oxygen atoms in total. The molecule has 0 aromatic rings. The van der Waals surface area contributed by atoms with E-state index in [0.717, 1.165) is 38.5 Å². The lowest BCUT2D eigenvalue weighted by molar-refractivity contribution is -0.144. The molecule has 0 aliphatic heterocycles. The third-order valence-corrected chi connectivity index (χ3v) is 3.78. The summed E-state index contributed by atoms with van der Waals surface area (Å²) < 4.78 is 9.79. The highest BCUT2D eigenvalue weighted by Gasteiger charge is 2.00. The van der Waals surface area contributed by atoms with Crippen LogP contribution in [0.15, 0.2) is 12.2 Å². The molecule has 0 fully saturated rings. The third-order valence-electron chi connectivity index (χ3n) is 3.78. The Labute approximate surface area is 148 Å². The average Bonchev–Trinajstić information content (AvgIpc) is 2.55. The highest BCUT2D eigenvalue weighted by molar-refractivity contribution is 5.69. The summed E-state index contributed by atoms with van der Waals surface area (Å²) in [5.74, 6) is -0.145. The van der Waals surface area contributed by atoms with Crippen molar-refractivity contribution in [2.45, 2.75) is 90.9 Å². The number of unbranched alkanes of at least 4 members (excludes halogenated alkanes) is 8. The number of carbonyl (C=O) groups excluding carboxylic acids is 2. The van der Waals surface area contributed by atoms with Crippen molar-refractivity contribution in [2.75, 3.05) is 13.2 Å². The number of hydrogen-bond acceptors (Lipinski definition) is 4. The molecule has 0 spiro atoms. The van der Waals surface area contributed by atoms with Gasteiger partial charge in [-0.2, -0.15) is 0 Å². The minimum absolute atomic E-state index is 0.0649. The lowest BCUT2D eigenvalue weighted by Crippen LogP contribution is -2.03. The molecule has 0 amide bonds. The summed E-state index contributed by atoms with van der Waals surface area (Å²) in [5, 5.41) is 0. The van der Waals surface area contributed by atoms with Crippen molar-refractivity contribution in [2.24, 2.45) is 0 Å². The number of rotatable bonds is 16. The van der Waals surface area contributed by atoms with Gasteiger partial charge in [-0.25, -0.2) is 0 Å². The van der Waals surface area contributed by atoms with Gasteiger partial charge in [0, 0.05) is 12.8 Å². The van der Waals surface area contributed by atoms with Crippen LogP contribution < -0.4 is 0 Å². The van der Waals surface area contributed by atoms with E-state index < -0.39 is 0 Å². The smallest absolute Gasteiger partial charge is 0.305 e. The first-order valence-electron chi connectivity index (χ1n) is 9.66. The first kappa shape index (κ1) is 22.7. The number of ether oxygens (including phenoxy) is 2. The second-order valence-electron chi connectivity index (χ2n) is 5.99. The van der Waals surface area contributed by atoms with Crippen LogP contribution in [-0.2, 0) is 19.1 Å². The molecular formula is C20H36O4. The minimum Gasteiger partial charge on any atom is -0.466 e. The van der Waals surface area contributed by atoms with Crippen LogP contribution >= 0.6 is 0 Å². The molecule has 0 rings (SSSR count). The standard InChI is InChI=1S/C20H36O4/c1-3-23-19(21)17-15-13-11-9-7-5-6-8-10-12-14-16-18-20(22)24-4-2/h7,9H,3-6,8,10-18H2,1-2H3/b9-7+.